The summed E-state index contributed by atoms with van der Waals surface area (Å²) in [7, 11) is 0. The molecule has 2 atom stereocenters. The van der Waals surface area contributed by atoms with E-state index in [-0.39, 0.29) is 11.6 Å². The van der Waals surface area contributed by atoms with Crippen LogP contribution in [0.25, 0.3) is 0 Å². The second-order valence-corrected chi connectivity index (χ2v) is 8.01. The molecule has 116 valence electrons. The molecular weight excluding hydrogens is 327 g/mol. The average molecular weight is 347 g/mol. The number of halogens is 2. The summed E-state index contributed by atoms with van der Waals surface area (Å²) in [5, 5.41) is 1.11. The van der Waals surface area contributed by atoms with Gasteiger partial charge in [0.1, 0.15) is 0 Å². The topological polar surface area (TPSA) is 48.1 Å². The number of aromatic nitrogens is 1. The van der Waals surface area contributed by atoms with Crippen molar-refractivity contribution in [2.45, 2.75) is 37.3 Å². The molecule has 0 bridgehead atoms. The van der Waals surface area contributed by atoms with Crippen LogP contribution in [0.3, 0.4) is 0 Å². The van der Waals surface area contributed by atoms with E-state index < -0.39 is 0 Å². The lowest BCUT2D eigenvalue weighted by Crippen LogP contribution is -2.45. The number of hydrogen-bond acceptors (Lipinski definition) is 4. The van der Waals surface area contributed by atoms with Crippen molar-refractivity contribution in [2.24, 2.45) is 11.7 Å². The van der Waals surface area contributed by atoms with Gasteiger partial charge in [0.25, 0.3) is 0 Å². The Bertz CT molecular complexity index is 503. The van der Waals surface area contributed by atoms with Gasteiger partial charge < -0.3 is 10.5 Å². The van der Waals surface area contributed by atoms with Crippen LogP contribution in [0.1, 0.15) is 37.4 Å². The van der Waals surface area contributed by atoms with Crippen molar-refractivity contribution in [3.05, 3.63) is 28.0 Å². The highest BCUT2D eigenvalue weighted by molar-refractivity contribution is 7.99. The number of ether oxygens (including phenoxy) is 1. The summed E-state index contributed by atoms with van der Waals surface area (Å²) in [6.45, 7) is 0.786. The third kappa shape index (κ3) is 3.50. The largest absolute Gasteiger partial charge is 0.375 e. The van der Waals surface area contributed by atoms with E-state index in [2.05, 4.69) is 4.98 Å². The molecule has 21 heavy (non-hydrogen) atoms. The van der Waals surface area contributed by atoms with Gasteiger partial charge in [0.15, 0.2) is 0 Å². The first kappa shape index (κ1) is 15.9. The molecule has 0 amide bonds. The fraction of sp³-hybridized carbons (Fsp3) is 0.667. The highest BCUT2D eigenvalue weighted by Crippen LogP contribution is 2.43. The quantitative estimate of drug-likeness (QED) is 0.876. The zero-order valence-corrected chi connectivity index (χ0v) is 14.2. The number of thioether (sulfide) groups is 1. The Labute approximate surface area is 139 Å². The minimum absolute atomic E-state index is 0.0324. The van der Waals surface area contributed by atoms with Gasteiger partial charge in [-0.3, -0.25) is 4.98 Å². The molecule has 2 N–H and O–H groups in total. The van der Waals surface area contributed by atoms with Gasteiger partial charge in [-0.25, -0.2) is 0 Å². The summed E-state index contributed by atoms with van der Waals surface area (Å²) in [5.41, 5.74) is 7.25. The van der Waals surface area contributed by atoms with Crippen LogP contribution < -0.4 is 5.73 Å². The minimum Gasteiger partial charge on any atom is -0.375 e. The van der Waals surface area contributed by atoms with Crippen LogP contribution in [-0.2, 0) is 4.74 Å². The van der Waals surface area contributed by atoms with Crippen LogP contribution in [0.5, 0.6) is 0 Å². The van der Waals surface area contributed by atoms with E-state index in [1.54, 1.807) is 12.3 Å². The van der Waals surface area contributed by atoms with Gasteiger partial charge in [-0.15, -0.1) is 0 Å². The molecule has 2 fully saturated rings. The zero-order valence-electron chi connectivity index (χ0n) is 11.9. The van der Waals surface area contributed by atoms with E-state index in [4.69, 9.17) is 33.7 Å². The van der Waals surface area contributed by atoms with Crippen molar-refractivity contribution in [3.8, 4) is 0 Å². The predicted octanol–water partition coefficient (Wildman–Crippen LogP) is 4.08. The van der Waals surface area contributed by atoms with Crippen molar-refractivity contribution in [1.29, 1.82) is 0 Å². The third-order valence-electron chi connectivity index (χ3n) is 4.59. The summed E-state index contributed by atoms with van der Waals surface area (Å²) >= 11 is 14.2. The third-order valence-corrected chi connectivity index (χ3v) is 6.09. The van der Waals surface area contributed by atoms with Crippen molar-refractivity contribution >= 4 is 35.0 Å². The molecule has 0 aromatic carbocycles. The first-order chi connectivity index (χ1) is 10.1. The second kappa shape index (κ2) is 6.63. The first-order valence-corrected chi connectivity index (χ1v) is 9.29. The molecule has 2 aliphatic rings. The van der Waals surface area contributed by atoms with E-state index in [0.717, 1.165) is 38.0 Å². The van der Waals surface area contributed by atoms with Crippen LogP contribution >= 0.6 is 35.0 Å². The van der Waals surface area contributed by atoms with Crippen molar-refractivity contribution < 1.29 is 4.74 Å². The molecule has 2 aliphatic heterocycles. The number of rotatable bonds is 2. The van der Waals surface area contributed by atoms with E-state index in [0.29, 0.717) is 16.0 Å². The van der Waals surface area contributed by atoms with E-state index in [1.807, 2.05) is 11.8 Å². The number of hydrogen-bond donors (Lipinski definition) is 1. The molecule has 3 nitrogen and oxygen atoms in total. The molecular formula is C15H20Cl2N2OS. The van der Waals surface area contributed by atoms with Gasteiger partial charge in [0, 0.05) is 12.8 Å². The molecule has 0 aliphatic carbocycles. The van der Waals surface area contributed by atoms with E-state index in [1.165, 1.54) is 11.5 Å². The van der Waals surface area contributed by atoms with E-state index in [9.17, 15) is 0 Å². The highest BCUT2D eigenvalue weighted by atomic mass is 35.5. The van der Waals surface area contributed by atoms with Crippen molar-refractivity contribution in [3.63, 3.8) is 0 Å². The van der Waals surface area contributed by atoms with Crippen LogP contribution in [-0.4, -0.2) is 28.7 Å². The molecule has 2 saturated heterocycles. The predicted molar refractivity (Wildman–Crippen MR) is 89.2 cm³/mol. The fourth-order valence-corrected chi connectivity index (χ4v) is 5.10. The normalized spacial score (nSPS) is 26.7. The Kier molecular flexibility index (Phi) is 5.01. The molecule has 6 heteroatoms. The van der Waals surface area contributed by atoms with Crippen molar-refractivity contribution in [1.82, 2.24) is 4.98 Å². The molecule has 0 radical (unpaired) electrons. The van der Waals surface area contributed by atoms with Gasteiger partial charge in [0.2, 0.25) is 0 Å². The van der Waals surface area contributed by atoms with Gasteiger partial charge >= 0.3 is 0 Å². The van der Waals surface area contributed by atoms with Gasteiger partial charge in [-0.2, -0.15) is 11.8 Å². The van der Waals surface area contributed by atoms with Crippen LogP contribution in [0.2, 0.25) is 10.0 Å². The maximum absolute atomic E-state index is 6.46. The maximum Gasteiger partial charge on any atom is 0.0760 e. The molecule has 1 aromatic heterocycles. The summed E-state index contributed by atoms with van der Waals surface area (Å²) < 4.78 is 6.13. The number of nitrogens with two attached hydrogens (primary N) is 1. The molecule has 3 heterocycles. The lowest BCUT2D eigenvalue weighted by Gasteiger charge is -2.44. The fourth-order valence-electron chi connectivity index (χ4n) is 3.36. The summed E-state index contributed by atoms with van der Waals surface area (Å²) in [6, 6.07) is 1.57. The average Bonchev–Trinajstić information content (AvgIpc) is 2.47. The molecule has 1 spiro atoms. The monoisotopic (exact) mass is 346 g/mol. The maximum atomic E-state index is 6.46. The first-order valence-electron chi connectivity index (χ1n) is 7.38. The summed E-state index contributed by atoms with van der Waals surface area (Å²) in [4.78, 5) is 4.35. The number of pyridine rings is 1. The Hall–Kier alpha value is -0.000000000000000111. The number of nitrogens with zero attached hydrogens (tertiary/aromatic N) is 1. The SMILES string of the molecule is NC(c1ncc(Cl)cc1Cl)C1CCOC2(CCSCC2)C1. The molecule has 2 unspecified atom stereocenters. The second-order valence-electron chi connectivity index (χ2n) is 5.94. The van der Waals surface area contributed by atoms with Crippen LogP contribution in [0.4, 0.5) is 0 Å². The molecule has 1 aromatic rings. The standard InChI is InChI=1S/C15H20Cl2N2OS/c16-11-7-12(17)14(19-9-11)13(18)10-1-4-20-15(8-10)2-5-21-6-3-15/h7,9-10,13H,1-6,8,18H2. The summed E-state index contributed by atoms with van der Waals surface area (Å²) in [5.74, 6) is 2.73. The Morgan fingerprint density at radius 1 is 1.38 bits per heavy atom. The van der Waals surface area contributed by atoms with E-state index >= 15 is 0 Å². The van der Waals surface area contributed by atoms with Crippen LogP contribution in [0.15, 0.2) is 12.3 Å². The Morgan fingerprint density at radius 3 is 2.86 bits per heavy atom. The Balaban J connectivity index is 1.76. The highest BCUT2D eigenvalue weighted by Gasteiger charge is 2.41. The lowest BCUT2D eigenvalue weighted by atomic mass is 9.78. The van der Waals surface area contributed by atoms with Gasteiger partial charge in [0.05, 0.1) is 27.4 Å². The zero-order chi connectivity index (χ0) is 14.9. The van der Waals surface area contributed by atoms with Crippen molar-refractivity contribution in [2.75, 3.05) is 18.1 Å². The Morgan fingerprint density at radius 2 is 2.14 bits per heavy atom. The summed E-state index contributed by atoms with van der Waals surface area (Å²) in [6.07, 6.45) is 5.85. The lowest BCUT2D eigenvalue weighted by molar-refractivity contribution is -0.106. The minimum atomic E-state index is -0.148. The smallest absolute Gasteiger partial charge is 0.0760 e. The molecule has 0 saturated carbocycles. The van der Waals surface area contributed by atoms with Gasteiger partial charge in [-0.1, -0.05) is 23.2 Å². The van der Waals surface area contributed by atoms with Gasteiger partial charge in [-0.05, 0) is 49.2 Å². The van der Waals surface area contributed by atoms with Crippen LogP contribution in [0, 0.1) is 5.92 Å². The molecule has 3 rings (SSSR count).